The first-order chi connectivity index (χ1) is 16.3. The lowest BCUT2D eigenvalue weighted by Gasteiger charge is -2.20. The summed E-state index contributed by atoms with van der Waals surface area (Å²) in [4.78, 5) is 6.89. The van der Waals surface area contributed by atoms with Gasteiger partial charge in [-0.15, -0.1) is 0 Å². The largest absolute Gasteiger partial charge is 0.369 e. The molecule has 0 saturated carbocycles. The third-order valence-electron chi connectivity index (χ3n) is 6.06. The van der Waals surface area contributed by atoms with Crippen LogP contribution in [0.5, 0.6) is 0 Å². The van der Waals surface area contributed by atoms with Crippen LogP contribution in [0.3, 0.4) is 0 Å². The summed E-state index contributed by atoms with van der Waals surface area (Å²) in [7, 11) is 0. The summed E-state index contributed by atoms with van der Waals surface area (Å²) in [5, 5.41) is 4.63. The Bertz CT molecular complexity index is 1270. The highest BCUT2D eigenvalue weighted by molar-refractivity contribution is 5.90. The number of benzene rings is 2. The summed E-state index contributed by atoms with van der Waals surface area (Å²) in [5.74, 6) is 0.910. The lowest BCUT2D eigenvalue weighted by molar-refractivity contribution is 0.405. The van der Waals surface area contributed by atoms with Gasteiger partial charge in [0.1, 0.15) is 5.82 Å². The summed E-state index contributed by atoms with van der Waals surface area (Å²) in [6.07, 6.45) is 12.5. The number of nitrogens with two attached hydrogens (primary N) is 1. The van der Waals surface area contributed by atoms with Gasteiger partial charge in [-0.1, -0.05) is 60.7 Å². The van der Waals surface area contributed by atoms with Crippen LogP contribution < -0.4 is 11.1 Å². The molecule has 0 amide bonds. The molecule has 2 aromatic heterocycles. The zero-order valence-corrected chi connectivity index (χ0v) is 18.7. The zero-order chi connectivity index (χ0) is 22.5. The number of hydrogen-bond acceptors (Lipinski definition) is 4. The SMILES string of the molecule is NCc1ccc(CNc2nccc3c2ccn3Cc2ccc(CN3C=CC=CC3)cc2)cc1. The highest BCUT2D eigenvalue weighted by atomic mass is 15.1. The Morgan fingerprint density at radius 3 is 2.27 bits per heavy atom. The smallest absolute Gasteiger partial charge is 0.135 e. The summed E-state index contributed by atoms with van der Waals surface area (Å²) in [6, 6.07) is 21.5. The number of anilines is 1. The van der Waals surface area contributed by atoms with E-state index in [2.05, 4.69) is 111 Å². The molecule has 166 valence electrons. The molecule has 5 nitrogen and oxygen atoms in total. The number of fused-ring (bicyclic) bond motifs is 1. The minimum absolute atomic E-state index is 0.568. The highest BCUT2D eigenvalue weighted by Crippen LogP contribution is 2.24. The van der Waals surface area contributed by atoms with Gasteiger partial charge in [-0.05, 0) is 46.7 Å². The van der Waals surface area contributed by atoms with Crippen LogP contribution in [0.2, 0.25) is 0 Å². The van der Waals surface area contributed by atoms with Gasteiger partial charge in [0.05, 0.1) is 5.52 Å². The van der Waals surface area contributed by atoms with Crippen LogP contribution >= 0.6 is 0 Å². The quantitative estimate of drug-likeness (QED) is 0.407. The fourth-order valence-corrected chi connectivity index (χ4v) is 4.19. The molecular weight excluding hydrogens is 406 g/mol. The number of allylic oxidation sites excluding steroid dienone is 2. The van der Waals surface area contributed by atoms with Crippen LogP contribution in [0, 0.1) is 0 Å². The molecule has 0 unspecified atom stereocenters. The third kappa shape index (κ3) is 4.99. The average Bonchev–Trinajstić information content (AvgIpc) is 3.28. The van der Waals surface area contributed by atoms with Crippen molar-refractivity contribution in [3.05, 3.63) is 120 Å². The molecule has 5 heteroatoms. The number of nitrogens with zero attached hydrogens (tertiary/aromatic N) is 3. The molecule has 1 aliphatic rings. The molecule has 0 fully saturated rings. The van der Waals surface area contributed by atoms with Crippen molar-refractivity contribution in [1.82, 2.24) is 14.5 Å². The lowest BCUT2D eigenvalue weighted by Crippen LogP contribution is -2.18. The molecule has 0 spiro atoms. The molecule has 2 aromatic carbocycles. The van der Waals surface area contributed by atoms with Crippen LogP contribution in [0.1, 0.15) is 22.3 Å². The van der Waals surface area contributed by atoms with Crippen LogP contribution in [-0.4, -0.2) is 21.0 Å². The van der Waals surface area contributed by atoms with E-state index in [1.807, 2.05) is 6.20 Å². The second-order valence-corrected chi connectivity index (χ2v) is 8.43. The molecule has 0 bridgehead atoms. The minimum Gasteiger partial charge on any atom is -0.369 e. The van der Waals surface area contributed by atoms with E-state index in [0.717, 1.165) is 42.9 Å². The molecule has 3 heterocycles. The van der Waals surface area contributed by atoms with Gasteiger partial charge in [0, 0.05) is 50.5 Å². The van der Waals surface area contributed by atoms with Crippen molar-refractivity contribution < 1.29 is 0 Å². The fraction of sp³-hybridized carbons (Fsp3) is 0.179. The Kier molecular flexibility index (Phi) is 6.22. The third-order valence-corrected chi connectivity index (χ3v) is 6.06. The molecule has 4 aromatic rings. The van der Waals surface area contributed by atoms with Gasteiger partial charge >= 0.3 is 0 Å². The fourth-order valence-electron chi connectivity index (χ4n) is 4.19. The van der Waals surface area contributed by atoms with Crippen LogP contribution in [0.4, 0.5) is 5.82 Å². The van der Waals surface area contributed by atoms with Crippen LogP contribution in [-0.2, 0) is 26.2 Å². The Balaban J connectivity index is 1.26. The van der Waals surface area contributed by atoms with Gasteiger partial charge in [0.2, 0.25) is 0 Å². The topological polar surface area (TPSA) is 59.1 Å². The van der Waals surface area contributed by atoms with E-state index in [1.165, 1.54) is 22.2 Å². The van der Waals surface area contributed by atoms with Crippen molar-refractivity contribution in [2.24, 2.45) is 5.73 Å². The molecular formula is C28H29N5. The number of rotatable bonds is 8. The van der Waals surface area contributed by atoms with Crippen molar-refractivity contribution in [3.8, 4) is 0 Å². The van der Waals surface area contributed by atoms with Crippen LogP contribution in [0.25, 0.3) is 10.9 Å². The molecule has 0 radical (unpaired) electrons. The highest BCUT2D eigenvalue weighted by Gasteiger charge is 2.08. The first kappa shape index (κ1) is 21.0. The van der Waals surface area contributed by atoms with E-state index >= 15 is 0 Å². The first-order valence-electron chi connectivity index (χ1n) is 11.4. The molecule has 0 atom stereocenters. The average molecular weight is 436 g/mol. The molecule has 3 N–H and O–H groups in total. The summed E-state index contributed by atoms with van der Waals surface area (Å²) in [5.41, 5.74) is 11.8. The number of aromatic nitrogens is 2. The van der Waals surface area contributed by atoms with Gasteiger partial charge in [0.15, 0.2) is 0 Å². The van der Waals surface area contributed by atoms with E-state index < -0.39 is 0 Å². The summed E-state index contributed by atoms with van der Waals surface area (Å²) < 4.78 is 2.28. The monoisotopic (exact) mass is 435 g/mol. The van der Waals surface area contributed by atoms with E-state index in [9.17, 15) is 0 Å². The van der Waals surface area contributed by atoms with Crippen molar-refractivity contribution in [3.63, 3.8) is 0 Å². The van der Waals surface area contributed by atoms with E-state index in [-0.39, 0.29) is 0 Å². The van der Waals surface area contributed by atoms with Crippen molar-refractivity contribution in [1.29, 1.82) is 0 Å². The molecule has 0 aliphatic carbocycles. The number of hydrogen-bond donors (Lipinski definition) is 2. The minimum atomic E-state index is 0.568. The summed E-state index contributed by atoms with van der Waals surface area (Å²) in [6.45, 7) is 4.03. The van der Waals surface area contributed by atoms with Gasteiger partial charge in [-0.2, -0.15) is 0 Å². The van der Waals surface area contributed by atoms with E-state index in [1.54, 1.807) is 0 Å². The molecule has 0 saturated heterocycles. The van der Waals surface area contributed by atoms with Gasteiger partial charge in [-0.25, -0.2) is 4.98 Å². The van der Waals surface area contributed by atoms with Crippen molar-refractivity contribution in [2.75, 3.05) is 11.9 Å². The van der Waals surface area contributed by atoms with E-state index in [4.69, 9.17) is 5.73 Å². The number of nitrogens with one attached hydrogen (secondary N) is 1. The lowest BCUT2D eigenvalue weighted by atomic mass is 10.1. The first-order valence-corrected chi connectivity index (χ1v) is 11.4. The van der Waals surface area contributed by atoms with Gasteiger partial charge in [-0.3, -0.25) is 0 Å². The molecule has 33 heavy (non-hydrogen) atoms. The standard InChI is InChI=1S/C28H29N5/c29-18-22-4-6-23(7-5-22)19-31-28-26-13-17-33(27(26)12-14-30-28)21-25-10-8-24(9-11-25)20-32-15-2-1-3-16-32/h1-15,17H,16,18-21,29H2,(H,30,31). The predicted octanol–water partition coefficient (Wildman–Crippen LogP) is 5.04. The molecule has 1 aliphatic heterocycles. The van der Waals surface area contributed by atoms with Crippen molar-refractivity contribution in [2.45, 2.75) is 26.2 Å². The summed E-state index contributed by atoms with van der Waals surface area (Å²) >= 11 is 0. The van der Waals surface area contributed by atoms with Crippen molar-refractivity contribution >= 4 is 16.7 Å². The maximum absolute atomic E-state index is 5.70. The second-order valence-electron chi connectivity index (χ2n) is 8.43. The second kappa shape index (κ2) is 9.76. The maximum Gasteiger partial charge on any atom is 0.135 e. The zero-order valence-electron chi connectivity index (χ0n) is 18.7. The predicted molar refractivity (Wildman–Crippen MR) is 136 cm³/mol. The van der Waals surface area contributed by atoms with Gasteiger partial charge < -0.3 is 20.5 Å². The van der Waals surface area contributed by atoms with E-state index in [0.29, 0.717) is 6.54 Å². The molecule has 5 rings (SSSR count). The Hall–Kier alpha value is -3.83. The van der Waals surface area contributed by atoms with Gasteiger partial charge in [0.25, 0.3) is 0 Å². The normalized spacial score (nSPS) is 13.1. The maximum atomic E-state index is 5.70. The Morgan fingerprint density at radius 2 is 1.55 bits per heavy atom. The van der Waals surface area contributed by atoms with Crippen LogP contribution in [0.15, 0.2) is 97.5 Å². The number of pyridine rings is 1. The Labute approximate surface area is 194 Å². The Morgan fingerprint density at radius 1 is 0.818 bits per heavy atom.